The van der Waals surface area contributed by atoms with Crippen LogP contribution in [0.25, 0.3) is 0 Å². The minimum Gasteiger partial charge on any atom is -0.481 e. The summed E-state index contributed by atoms with van der Waals surface area (Å²) in [4.78, 5) is 14.0. The zero-order valence-corrected chi connectivity index (χ0v) is 12.5. The van der Waals surface area contributed by atoms with Crippen LogP contribution in [0.3, 0.4) is 0 Å². The summed E-state index contributed by atoms with van der Waals surface area (Å²) in [5.74, 6) is -0.769. The molecule has 2 heterocycles. The quantitative estimate of drug-likeness (QED) is 0.909. The van der Waals surface area contributed by atoms with Gasteiger partial charge in [0.25, 0.3) is 0 Å². The first-order valence-electron chi connectivity index (χ1n) is 6.78. The second-order valence-corrected chi connectivity index (χ2v) is 6.64. The lowest BCUT2D eigenvalue weighted by Crippen LogP contribution is -2.48. The number of carboxylic acids is 1. The topological polar surface area (TPSA) is 40.5 Å². The number of halogens is 1. The Morgan fingerprint density at radius 2 is 2.00 bits per heavy atom. The van der Waals surface area contributed by atoms with E-state index in [1.54, 1.807) is 0 Å². The second-order valence-electron chi connectivity index (χ2n) is 5.72. The van der Waals surface area contributed by atoms with Crippen molar-refractivity contribution in [2.45, 2.75) is 37.3 Å². The zero-order valence-electron chi connectivity index (χ0n) is 10.9. The monoisotopic (exact) mass is 323 g/mol. The molecule has 102 valence electrons. The molecule has 19 heavy (non-hydrogen) atoms. The number of carbonyl (C=O) groups is 1. The molecule has 0 saturated carbocycles. The van der Waals surface area contributed by atoms with E-state index < -0.39 is 5.97 Å². The Hall–Kier alpha value is -0.870. The fourth-order valence-electron chi connectivity index (χ4n) is 3.86. The van der Waals surface area contributed by atoms with E-state index in [2.05, 4.69) is 40.0 Å². The van der Waals surface area contributed by atoms with Crippen molar-refractivity contribution in [2.75, 3.05) is 7.05 Å². The SMILES string of the molecule is CN1C2CCC1C(C(=O)O)C(c1ccc(Br)cc1)C2. The number of aliphatic carboxylic acids is 1. The number of nitrogens with zero attached hydrogens (tertiary/aromatic N) is 1. The van der Waals surface area contributed by atoms with Crippen molar-refractivity contribution < 1.29 is 9.90 Å². The standard InChI is InChI=1S/C15H18BrNO2/c1-17-11-6-7-13(17)14(15(18)19)12(8-11)9-2-4-10(16)5-3-9/h2-5,11-14H,6-8H2,1H3,(H,18,19). The summed E-state index contributed by atoms with van der Waals surface area (Å²) >= 11 is 3.43. The summed E-state index contributed by atoms with van der Waals surface area (Å²) in [6.07, 6.45) is 3.12. The van der Waals surface area contributed by atoms with Crippen LogP contribution >= 0.6 is 15.9 Å². The maximum absolute atomic E-state index is 11.7. The van der Waals surface area contributed by atoms with E-state index in [1.807, 2.05) is 12.1 Å². The van der Waals surface area contributed by atoms with Crippen LogP contribution in [0.15, 0.2) is 28.7 Å². The van der Waals surface area contributed by atoms with E-state index in [0.29, 0.717) is 6.04 Å². The molecule has 2 aliphatic heterocycles. The van der Waals surface area contributed by atoms with Gasteiger partial charge in [0.1, 0.15) is 0 Å². The average molecular weight is 324 g/mol. The van der Waals surface area contributed by atoms with Gasteiger partial charge in [0, 0.05) is 22.5 Å². The first kappa shape index (κ1) is 13.1. The number of benzene rings is 1. The Kier molecular flexibility index (Phi) is 3.39. The van der Waals surface area contributed by atoms with Crippen LogP contribution in [0, 0.1) is 5.92 Å². The second kappa shape index (κ2) is 4.91. The van der Waals surface area contributed by atoms with Crippen molar-refractivity contribution in [3.8, 4) is 0 Å². The van der Waals surface area contributed by atoms with Gasteiger partial charge in [-0.3, -0.25) is 9.69 Å². The van der Waals surface area contributed by atoms with Crippen molar-refractivity contribution >= 4 is 21.9 Å². The van der Waals surface area contributed by atoms with Crippen LogP contribution in [-0.2, 0) is 4.79 Å². The molecule has 4 heteroatoms. The van der Waals surface area contributed by atoms with E-state index in [9.17, 15) is 9.90 Å². The number of fused-ring (bicyclic) bond motifs is 2. The molecular weight excluding hydrogens is 306 g/mol. The van der Waals surface area contributed by atoms with Gasteiger partial charge in [-0.25, -0.2) is 0 Å². The number of rotatable bonds is 2. The van der Waals surface area contributed by atoms with Gasteiger partial charge in [-0.05, 0) is 44.0 Å². The van der Waals surface area contributed by atoms with Crippen LogP contribution in [0.1, 0.15) is 30.7 Å². The number of hydrogen-bond acceptors (Lipinski definition) is 2. The largest absolute Gasteiger partial charge is 0.481 e. The molecule has 2 bridgehead atoms. The summed E-state index contributed by atoms with van der Waals surface area (Å²) in [6.45, 7) is 0. The smallest absolute Gasteiger partial charge is 0.308 e. The van der Waals surface area contributed by atoms with Crippen LogP contribution in [-0.4, -0.2) is 35.1 Å². The lowest BCUT2D eigenvalue weighted by Gasteiger charge is -2.41. The molecule has 3 rings (SSSR count). The lowest BCUT2D eigenvalue weighted by atomic mass is 9.76. The van der Waals surface area contributed by atoms with Gasteiger partial charge in [-0.15, -0.1) is 0 Å². The highest BCUT2D eigenvalue weighted by Gasteiger charge is 2.49. The molecule has 1 N–H and O–H groups in total. The molecule has 1 aromatic rings. The third kappa shape index (κ3) is 2.21. The first-order valence-corrected chi connectivity index (χ1v) is 7.57. The first-order chi connectivity index (χ1) is 9.08. The third-order valence-electron chi connectivity index (χ3n) is 4.85. The minimum absolute atomic E-state index is 0.152. The Labute approximate surface area is 121 Å². The van der Waals surface area contributed by atoms with Crippen molar-refractivity contribution in [1.29, 1.82) is 0 Å². The number of piperidine rings is 1. The number of hydrogen-bond donors (Lipinski definition) is 1. The fourth-order valence-corrected chi connectivity index (χ4v) is 4.12. The molecule has 0 aromatic heterocycles. The highest BCUT2D eigenvalue weighted by Crippen LogP contribution is 2.46. The molecule has 4 atom stereocenters. The van der Waals surface area contributed by atoms with Crippen LogP contribution in [0.5, 0.6) is 0 Å². The van der Waals surface area contributed by atoms with E-state index in [0.717, 1.165) is 23.7 Å². The van der Waals surface area contributed by atoms with Gasteiger partial charge in [-0.1, -0.05) is 28.1 Å². The summed E-state index contributed by atoms with van der Waals surface area (Å²) < 4.78 is 1.04. The summed E-state index contributed by atoms with van der Waals surface area (Å²) in [6, 6.07) is 8.90. The van der Waals surface area contributed by atoms with Crippen molar-refractivity contribution in [2.24, 2.45) is 5.92 Å². The molecule has 2 aliphatic rings. The number of carboxylic acid groups (broad SMARTS) is 1. The molecule has 1 aromatic carbocycles. The lowest BCUT2D eigenvalue weighted by molar-refractivity contribution is -0.146. The molecule has 0 spiro atoms. The summed E-state index contributed by atoms with van der Waals surface area (Å²) in [5.41, 5.74) is 1.17. The summed E-state index contributed by atoms with van der Waals surface area (Å²) in [7, 11) is 2.08. The Bertz CT molecular complexity index is 487. The Balaban J connectivity index is 1.95. The van der Waals surface area contributed by atoms with Crippen LogP contribution in [0.4, 0.5) is 0 Å². The predicted octanol–water partition coefficient (Wildman–Crippen LogP) is 3.10. The van der Waals surface area contributed by atoms with Crippen molar-refractivity contribution in [1.82, 2.24) is 4.90 Å². The average Bonchev–Trinajstić information content (AvgIpc) is 2.63. The van der Waals surface area contributed by atoms with E-state index in [4.69, 9.17) is 0 Å². The van der Waals surface area contributed by atoms with E-state index in [1.165, 1.54) is 5.56 Å². The maximum Gasteiger partial charge on any atom is 0.308 e. The highest BCUT2D eigenvalue weighted by atomic mass is 79.9. The Morgan fingerprint density at radius 1 is 1.32 bits per heavy atom. The molecule has 2 saturated heterocycles. The molecule has 4 unspecified atom stereocenters. The van der Waals surface area contributed by atoms with Crippen LogP contribution < -0.4 is 0 Å². The van der Waals surface area contributed by atoms with Crippen LogP contribution in [0.2, 0.25) is 0 Å². The normalized spacial score (nSPS) is 34.4. The molecule has 0 radical (unpaired) electrons. The zero-order chi connectivity index (χ0) is 13.6. The minimum atomic E-state index is -0.648. The molecule has 3 nitrogen and oxygen atoms in total. The van der Waals surface area contributed by atoms with Gasteiger partial charge < -0.3 is 5.11 Å². The predicted molar refractivity (Wildman–Crippen MR) is 77.2 cm³/mol. The van der Waals surface area contributed by atoms with Gasteiger partial charge in [-0.2, -0.15) is 0 Å². The van der Waals surface area contributed by atoms with Gasteiger partial charge >= 0.3 is 5.97 Å². The summed E-state index contributed by atoms with van der Waals surface area (Å²) in [5, 5.41) is 9.63. The van der Waals surface area contributed by atoms with E-state index in [-0.39, 0.29) is 17.9 Å². The fraction of sp³-hybridized carbons (Fsp3) is 0.533. The molecule has 0 amide bonds. The van der Waals surface area contributed by atoms with Gasteiger partial charge in [0.2, 0.25) is 0 Å². The van der Waals surface area contributed by atoms with Gasteiger partial charge in [0.15, 0.2) is 0 Å². The molecule has 0 aliphatic carbocycles. The maximum atomic E-state index is 11.7. The third-order valence-corrected chi connectivity index (χ3v) is 5.38. The van der Waals surface area contributed by atoms with E-state index >= 15 is 0 Å². The Morgan fingerprint density at radius 3 is 2.63 bits per heavy atom. The molecule has 2 fully saturated rings. The van der Waals surface area contributed by atoms with Crippen molar-refractivity contribution in [3.05, 3.63) is 34.3 Å². The van der Waals surface area contributed by atoms with Gasteiger partial charge in [0.05, 0.1) is 5.92 Å². The van der Waals surface area contributed by atoms with Crippen molar-refractivity contribution in [3.63, 3.8) is 0 Å². The molecular formula is C15H18BrNO2. The highest BCUT2D eigenvalue weighted by molar-refractivity contribution is 9.10.